The molecule has 0 radical (unpaired) electrons. The number of ketones is 1. The zero-order valence-corrected chi connectivity index (χ0v) is 16.4. The lowest BCUT2D eigenvalue weighted by Gasteiger charge is -2.37. The summed E-state index contributed by atoms with van der Waals surface area (Å²) in [6.07, 6.45) is 2.19. The molecule has 1 aromatic rings. The highest BCUT2D eigenvalue weighted by Gasteiger charge is 2.44. The first-order chi connectivity index (χ1) is 11.7. The summed E-state index contributed by atoms with van der Waals surface area (Å²) in [6, 6.07) is 6.72. The van der Waals surface area contributed by atoms with E-state index in [1.165, 1.54) is 0 Å². The number of carbonyl (C=O) groups excluding carboxylic acids is 1. The normalized spacial score (nSPS) is 22.2. The summed E-state index contributed by atoms with van der Waals surface area (Å²) in [5.74, 6) is -1.21. The summed E-state index contributed by atoms with van der Waals surface area (Å²) in [6.45, 7) is 4.13. The van der Waals surface area contributed by atoms with Gasteiger partial charge in [-0.15, -0.1) is 0 Å². The average Bonchev–Trinajstić information content (AvgIpc) is 2.53. The van der Waals surface area contributed by atoms with Gasteiger partial charge < -0.3 is 5.11 Å². The van der Waals surface area contributed by atoms with Gasteiger partial charge in [-0.05, 0) is 41.9 Å². The Balaban J connectivity index is 2.19. The second-order valence-corrected chi connectivity index (χ2v) is 11.6. The van der Waals surface area contributed by atoms with Gasteiger partial charge in [0, 0.05) is 6.42 Å². The van der Waals surface area contributed by atoms with E-state index in [4.69, 9.17) is 28.3 Å². The molecular formula is C18H17Cl2NO3Si. The molecular weight excluding hydrogens is 377 g/mol. The van der Waals surface area contributed by atoms with E-state index in [1.807, 2.05) is 19.1 Å². The highest BCUT2D eigenvalue weighted by atomic mass is 35.5. The third-order valence-corrected chi connectivity index (χ3v) is 10.1. The van der Waals surface area contributed by atoms with Gasteiger partial charge in [0.1, 0.15) is 8.07 Å². The Labute approximate surface area is 156 Å². The Morgan fingerprint density at radius 2 is 2.04 bits per heavy atom. The fourth-order valence-corrected chi connectivity index (χ4v) is 8.79. The maximum atomic E-state index is 12.3. The monoisotopic (exact) mass is 393 g/mol. The fourth-order valence-electron chi connectivity index (χ4n) is 3.51. The van der Waals surface area contributed by atoms with Gasteiger partial charge in [-0.2, -0.15) is 0 Å². The van der Waals surface area contributed by atoms with E-state index in [-0.39, 0.29) is 22.3 Å². The van der Waals surface area contributed by atoms with Gasteiger partial charge in [-0.1, -0.05) is 47.4 Å². The lowest BCUT2D eigenvalue weighted by Crippen LogP contribution is -2.52. The van der Waals surface area contributed by atoms with Gasteiger partial charge in [-0.3, -0.25) is 9.59 Å². The van der Waals surface area contributed by atoms with Crippen LogP contribution in [0.15, 0.2) is 44.5 Å². The van der Waals surface area contributed by atoms with Gasteiger partial charge in [0.15, 0.2) is 0 Å². The zero-order valence-electron chi connectivity index (χ0n) is 13.9. The number of carboxylic acids is 1. The number of nitrogens with zero attached hydrogens (tertiary/aromatic N) is 1. The topological polar surface area (TPSA) is 66.7 Å². The maximum Gasteiger partial charge on any atom is 0.303 e. The zero-order chi connectivity index (χ0) is 18.4. The molecule has 2 aliphatic rings. The molecule has 1 aliphatic carbocycles. The molecule has 1 N–H and O–H groups in total. The van der Waals surface area contributed by atoms with E-state index in [0.717, 1.165) is 21.6 Å². The van der Waals surface area contributed by atoms with E-state index >= 15 is 0 Å². The number of hydrogen-bond donors (Lipinski definition) is 1. The molecule has 0 amide bonds. The second kappa shape index (κ2) is 6.55. The van der Waals surface area contributed by atoms with Crippen LogP contribution in [0.1, 0.15) is 18.4 Å². The molecule has 3 rings (SSSR count). The summed E-state index contributed by atoms with van der Waals surface area (Å²) >= 11 is 12.4. The van der Waals surface area contributed by atoms with Crippen LogP contribution in [0.3, 0.4) is 0 Å². The van der Waals surface area contributed by atoms with Crippen molar-refractivity contribution in [3.63, 3.8) is 0 Å². The lowest BCUT2D eigenvalue weighted by molar-refractivity contribution is -0.137. The third kappa shape index (κ3) is 3.12. The molecule has 0 saturated heterocycles. The number of aryl methyl sites for hydroxylation is 1. The molecule has 1 atom stereocenters. The first-order valence-corrected chi connectivity index (χ1v) is 11.4. The van der Waals surface area contributed by atoms with Crippen molar-refractivity contribution in [3.05, 3.63) is 45.1 Å². The average molecular weight is 394 g/mol. The Bertz CT molecular complexity index is 888. The van der Waals surface area contributed by atoms with Crippen LogP contribution in [-0.2, 0) is 9.59 Å². The molecule has 25 heavy (non-hydrogen) atoms. The van der Waals surface area contributed by atoms with Crippen LogP contribution in [0.2, 0.25) is 12.6 Å². The van der Waals surface area contributed by atoms with E-state index in [0.29, 0.717) is 18.2 Å². The van der Waals surface area contributed by atoms with Crippen molar-refractivity contribution in [2.24, 2.45) is 4.99 Å². The molecule has 0 aromatic heterocycles. The highest BCUT2D eigenvalue weighted by Crippen LogP contribution is 2.39. The Morgan fingerprint density at radius 1 is 1.32 bits per heavy atom. The van der Waals surface area contributed by atoms with E-state index in [1.54, 1.807) is 6.08 Å². The number of aliphatic carboxylic acids is 1. The summed E-state index contributed by atoms with van der Waals surface area (Å²) in [7, 11) is -2.42. The van der Waals surface area contributed by atoms with Gasteiger partial charge in [0.2, 0.25) is 5.78 Å². The van der Waals surface area contributed by atoms with Crippen molar-refractivity contribution in [1.29, 1.82) is 0 Å². The molecule has 0 bridgehead atoms. The number of carbonyl (C=O) groups is 2. The molecule has 7 heteroatoms. The van der Waals surface area contributed by atoms with Gasteiger partial charge >= 0.3 is 5.97 Å². The van der Waals surface area contributed by atoms with Crippen LogP contribution in [0.4, 0.5) is 5.69 Å². The van der Waals surface area contributed by atoms with Crippen molar-refractivity contribution >= 4 is 59.6 Å². The van der Waals surface area contributed by atoms with Crippen LogP contribution in [0, 0.1) is 6.92 Å². The molecule has 1 aromatic carbocycles. The number of aliphatic imine (C=N–C) groups is 1. The van der Waals surface area contributed by atoms with Crippen LogP contribution in [0.5, 0.6) is 0 Å². The molecule has 1 heterocycles. The summed E-state index contributed by atoms with van der Waals surface area (Å²) in [5, 5.41) is 11.0. The molecule has 1 aliphatic heterocycles. The van der Waals surface area contributed by atoms with Crippen LogP contribution < -0.4 is 5.19 Å². The summed E-state index contributed by atoms with van der Waals surface area (Å²) in [5.41, 5.74) is 2.59. The first kappa shape index (κ1) is 18.1. The third-order valence-electron chi connectivity index (χ3n) is 4.76. The molecule has 0 spiro atoms. The molecule has 4 nitrogen and oxygen atoms in total. The highest BCUT2D eigenvalue weighted by molar-refractivity contribution is 7.03. The lowest BCUT2D eigenvalue weighted by atomic mass is 10.1. The number of fused-ring (bicyclic) bond motifs is 2. The summed E-state index contributed by atoms with van der Waals surface area (Å²) < 4.78 is 0. The Hall–Kier alpha value is -1.69. The van der Waals surface area contributed by atoms with Crippen molar-refractivity contribution in [1.82, 2.24) is 0 Å². The number of benzene rings is 1. The van der Waals surface area contributed by atoms with Crippen molar-refractivity contribution < 1.29 is 14.7 Å². The number of allylic oxidation sites excluding steroid dienone is 4. The minimum absolute atomic E-state index is 0.0601. The van der Waals surface area contributed by atoms with Gasteiger partial charge in [0.25, 0.3) is 0 Å². The molecule has 0 fully saturated rings. The number of carboxylic acid groups (broad SMARTS) is 1. The molecule has 130 valence electrons. The fraction of sp³-hybridized carbons (Fsp3) is 0.278. The summed E-state index contributed by atoms with van der Waals surface area (Å²) in [4.78, 5) is 27.9. The van der Waals surface area contributed by atoms with E-state index < -0.39 is 14.0 Å². The predicted molar refractivity (Wildman–Crippen MR) is 103 cm³/mol. The number of halogens is 2. The van der Waals surface area contributed by atoms with E-state index in [2.05, 4.69) is 17.6 Å². The first-order valence-electron chi connectivity index (χ1n) is 7.98. The van der Waals surface area contributed by atoms with Crippen LogP contribution in [-0.4, -0.2) is 30.6 Å². The number of Topliss-reactive ketones (excluding diaryl/α,β-unsaturated/α-hetero) is 1. The quantitative estimate of drug-likeness (QED) is 0.621. The molecule has 1 unspecified atom stereocenters. The maximum absolute atomic E-state index is 12.3. The minimum atomic E-state index is -2.42. The smallest absolute Gasteiger partial charge is 0.303 e. The van der Waals surface area contributed by atoms with Crippen molar-refractivity contribution in [3.8, 4) is 0 Å². The number of hydrogen-bond acceptors (Lipinski definition) is 3. The van der Waals surface area contributed by atoms with Gasteiger partial charge in [-0.25, -0.2) is 4.99 Å². The van der Waals surface area contributed by atoms with Crippen molar-refractivity contribution in [2.45, 2.75) is 32.4 Å². The van der Waals surface area contributed by atoms with Crippen LogP contribution in [0.25, 0.3) is 0 Å². The number of rotatable bonds is 4. The van der Waals surface area contributed by atoms with Crippen molar-refractivity contribution in [2.75, 3.05) is 0 Å². The Kier molecular flexibility index (Phi) is 4.75. The molecule has 0 saturated carbocycles. The Morgan fingerprint density at radius 3 is 2.72 bits per heavy atom. The van der Waals surface area contributed by atoms with Gasteiger partial charge in [0.05, 0.1) is 21.5 Å². The minimum Gasteiger partial charge on any atom is -0.481 e. The van der Waals surface area contributed by atoms with Crippen LogP contribution >= 0.6 is 23.2 Å². The van der Waals surface area contributed by atoms with E-state index in [9.17, 15) is 9.59 Å². The largest absolute Gasteiger partial charge is 0.481 e. The SMILES string of the molecule is Cc1ccc2c(c1)[Si](C)(CCCC(=O)O)C1=C(Cl)C(=O)C(Cl)=CC1=N2. The predicted octanol–water partition coefficient (Wildman–Crippen LogP) is 3.97. The second-order valence-electron chi connectivity index (χ2n) is 6.61. The standard InChI is InChI=1S/C18H17Cl2NO3Si/c1-10-5-6-12-14(8-10)25(2,7-3-4-15(22)23)18-13(21-12)9-11(19)17(24)16(18)20/h5-6,8-9H,3-4,7H2,1-2H3,(H,22,23).